The third-order valence-electron chi connectivity index (χ3n) is 4.27. The molecule has 1 aromatic carbocycles. The Labute approximate surface area is 147 Å². The summed E-state index contributed by atoms with van der Waals surface area (Å²) in [6.07, 6.45) is 3.35. The van der Waals surface area contributed by atoms with Gasteiger partial charge in [-0.05, 0) is 39.2 Å². The molecule has 25 heavy (non-hydrogen) atoms. The average molecular weight is 343 g/mol. The number of nitrogens with one attached hydrogen (secondary N) is 1. The summed E-state index contributed by atoms with van der Waals surface area (Å²) in [5.41, 5.74) is 0.921. The van der Waals surface area contributed by atoms with Crippen molar-refractivity contribution in [1.29, 1.82) is 0 Å². The van der Waals surface area contributed by atoms with Crippen LogP contribution >= 0.6 is 0 Å². The van der Waals surface area contributed by atoms with Crippen LogP contribution in [0.15, 0.2) is 41.3 Å². The Bertz CT molecular complexity index is 786. The zero-order chi connectivity index (χ0) is 18.0. The summed E-state index contributed by atoms with van der Waals surface area (Å²) >= 11 is 0. The third kappa shape index (κ3) is 4.13. The van der Waals surface area contributed by atoms with Gasteiger partial charge in [-0.2, -0.15) is 0 Å². The number of hydrogen-bond donors (Lipinski definition) is 1. The van der Waals surface area contributed by atoms with E-state index in [1.54, 1.807) is 4.90 Å². The summed E-state index contributed by atoms with van der Waals surface area (Å²) in [5, 5.41) is 2.90. The smallest absolute Gasteiger partial charge is 0.410 e. The quantitative estimate of drug-likeness (QED) is 0.908. The van der Waals surface area contributed by atoms with E-state index in [1.807, 2.05) is 62.0 Å². The average Bonchev–Trinajstić information content (AvgIpc) is 2.96. The number of H-pyrrole nitrogens is 1. The molecule has 1 amide bonds. The van der Waals surface area contributed by atoms with Crippen LogP contribution in [0.1, 0.15) is 39.7 Å². The fraction of sp³-hybridized carbons (Fsp3) is 0.474. The molecule has 1 N–H and O–H groups in total. The Balaban J connectivity index is 1.76. The minimum absolute atomic E-state index is 0.0476. The van der Waals surface area contributed by atoms with Crippen molar-refractivity contribution in [3.63, 3.8) is 0 Å². The minimum atomic E-state index is -0.508. The van der Waals surface area contributed by atoms with E-state index < -0.39 is 5.60 Å². The number of carbonyl (C=O) groups excluding carboxylic acids is 1. The molecule has 1 saturated heterocycles. The molecule has 1 aromatic heterocycles. The molecule has 1 aliphatic rings. The molecule has 1 unspecified atom stereocenters. The second-order valence-corrected chi connectivity index (χ2v) is 7.48. The fourth-order valence-corrected chi connectivity index (χ4v) is 3.10. The van der Waals surface area contributed by atoms with Crippen molar-refractivity contribution >= 4 is 6.09 Å². The second-order valence-electron chi connectivity index (χ2n) is 7.48. The first-order chi connectivity index (χ1) is 11.8. The molecule has 0 radical (unpaired) electrons. The van der Waals surface area contributed by atoms with E-state index in [4.69, 9.17) is 4.74 Å². The number of benzene rings is 1. The van der Waals surface area contributed by atoms with Gasteiger partial charge < -0.3 is 9.64 Å². The number of likely N-dealkylation sites (tertiary alicyclic amines) is 1. The zero-order valence-corrected chi connectivity index (χ0v) is 15.0. The van der Waals surface area contributed by atoms with E-state index in [9.17, 15) is 9.59 Å². The van der Waals surface area contributed by atoms with Crippen LogP contribution in [0.25, 0.3) is 11.1 Å². The van der Waals surface area contributed by atoms with Crippen LogP contribution < -0.4 is 5.56 Å². The van der Waals surface area contributed by atoms with Crippen molar-refractivity contribution in [2.75, 3.05) is 13.1 Å². The lowest BCUT2D eigenvalue weighted by Gasteiger charge is -2.34. The highest BCUT2D eigenvalue weighted by Crippen LogP contribution is 2.24. The molecule has 0 spiro atoms. The number of carbonyl (C=O) groups is 1. The van der Waals surface area contributed by atoms with Crippen molar-refractivity contribution < 1.29 is 9.53 Å². The van der Waals surface area contributed by atoms with E-state index in [0.29, 0.717) is 18.7 Å². The lowest BCUT2D eigenvalue weighted by atomic mass is 10.1. The molecule has 6 nitrogen and oxygen atoms in total. The van der Waals surface area contributed by atoms with Crippen LogP contribution in [0.5, 0.6) is 0 Å². The molecule has 2 heterocycles. The first-order valence-electron chi connectivity index (χ1n) is 8.68. The summed E-state index contributed by atoms with van der Waals surface area (Å²) in [4.78, 5) is 26.3. The second kappa shape index (κ2) is 6.78. The predicted octanol–water partition coefficient (Wildman–Crippen LogP) is 3.42. The van der Waals surface area contributed by atoms with Crippen molar-refractivity contribution in [3.05, 3.63) is 46.9 Å². The lowest BCUT2D eigenvalue weighted by molar-refractivity contribution is 0.0167. The van der Waals surface area contributed by atoms with Gasteiger partial charge >= 0.3 is 6.09 Å². The number of nitrogens with zero attached hydrogens (tertiary/aromatic N) is 2. The topological polar surface area (TPSA) is 67.3 Å². The van der Waals surface area contributed by atoms with Crippen molar-refractivity contribution in [1.82, 2.24) is 14.7 Å². The molecule has 1 aliphatic heterocycles. The van der Waals surface area contributed by atoms with Crippen LogP contribution in [0, 0.1) is 0 Å². The number of ether oxygens (including phenoxy) is 1. The molecular weight excluding hydrogens is 318 g/mol. The summed E-state index contributed by atoms with van der Waals surface area (Å²) in [5.74, 6) is 0. The molecule has 134 valence electrons. The molecule has 3 rings (SSSR count). The SMILES string of the molecule is CC(C)(C)OC(=O)N1CCCC(n2cc(-c3ccccc3)c(=O)[nH]2)C1. The van der Waals surface area contributed by atoms with Gasteiger partial charge in [-0.1, -0.05) is 30.3 Å². The summed E-state index contributed by atoms with van der Waals surface area (Å²) < 4.78 is 7.30. The van der Waals surface area contributed by atoms with Crippen molar-refractivity contribution in [2.24, 2.45) is 0 Å². The highest BCUT2D eigenvalue weighted by Gasteiger charge is 2.28. The van der Waals surface area contributed by atoms with Crippen LogP contribution in [0.4, 0.5) is 4.79 Å². The molecule has 1 fully saturated rings. The van der Waals surface area contributed by atoms with Gasteiger partial charge in [0.15, 0.2) is 0 Å². The van der Waals surface area contributed by atoms with Crippen LogP contribution in [0.2, 0.25) is 0 Å². The molecule has 0 bridgehead atoms. The fourth-order valence-electron chi connectivity index (χ4n) is 3.10. The molecule has 2 aromatic rings. The molecule has 6 heteroatoms. The summed E-state index contributed by atoms with van der Waals surface area (Å²) in [6, 6.07) is 9.64. The van der Waals surface area contributed by atoms with Gasteiger partial charge in [0.1, 0.15) is 5.60 Å². The highest BCUT2D eigenvalue weighted by atomic mass is 16.6. The van der Waals surface area contributed by atoms with Gasteiger partial charge in [0.2, 0.25) is 0 Å². The first kappa shape index (κ1) is 17.3. The Kier molecular flexibility index (Phi) is 4.70. The standard InChI is InChI=1S/C19H25N3O3/c1-19(2,3)25-18(24)21-11-7-10-15(12-21)22-13-16(17(23)20-22)14-8-5-4-6-9-14/h4-6,8-9,13,15H,7,10-12H2,1-3H3,(H,20,23). The maximum Gasteiger partial charge on any atom is 0.410 e. The van der Waals surface area contributed by atoms with E-state index in [-0.39, 0.29) is 17.7 Å². The number of aromatic amines is 1. The number of amides is 1. The molecular formula is C19H25N3O3. The monoisotopic (exact) mass is 343 g/mol. The van der Waals surface area contributed by atoms with E-state index in [2.05, 4.69) is 5.10 Å². The number of rotatable bonds is 2. The predicted molar refractivity (Wildman–Crippen MR) is 96.6 cm³/mol. The Morgan fingerprint density at radius 1 is 1.24 bits per heavy atom. The summed E-state index contributed by atoms with van der Waals surface area (Å²) in [7, 11) is 0. The van der Waals surface area contributed by atoms with Gasteiger partial charge in [0, 0.05) is 19.3 Å². The van der Waals surface area contributed by atoms with Crippen LogP contribution in [-0.2, 0) is 4.74 Å². The minimum Gasteiger partial charge on any atom is -0.444 e. The number of aromatic nitrogens is 2. The molecule has 0 aliphatic carbocycles. The van der Waals surface area contributed by atoms with Gasteiger partial charge in [-0.3, -0.25) is 14.6 Å². The van der Waals surface area contributed by atoms with E-state index >= 15 is 0 Å². The summed E-state index contributed by atoms with van der Waals surface area (Å²) in [6.45, 7) is 6.81. The molecule has 0 saturated carbocycles. The van der Waals surface area contributed by atoms with Crippen molar-refractivity contribution in [2.45, 2.75) is 45.3 Å². The Hall–Kier alpha value is -2.50. The van der Waals surface area contributed by atoms with E-state index in [0.717, 1.165) is 18.4 Å². The largest absolute Gasteiger partial charge is 0.444 e. The Morgan fingerprint density at radius 3 is 2.64 bits per heavy atom. The van der Waals surface area contributed by atoms with E-state index in [1.165, 1.54) is 0 Å². The van der Waals surface area contributed by atoms with Gasteiger partial charge in [0.25, 0.3) is 5.56 Å². The maximum absolute atomic E-state index is 12.3. The highest BCUT2D eigenvalue weighted by molar-refractivity contribution is 5.68. The number of hydrogen-bond acceptors (Lipinski definition) is 3. The molecule has 1 atom stereocenters. The van der Waals surface area contributed by atoms with Crippen molar-refractivity contribution in [3.8, 4) is 11.1 Å². The Morgan fingerprint density at radius 2 is 1.96 bits per heavy atom. The van der Waals surface area contributed by atoms with Gasteiger partial charge in [-0.15, -0.1) is 0 Å². The zero-order valence-electron chi connectivity index (χ0n) is 15.0. The van der Waals surface area contributed by atoms with Crippen LogP contribution in [0.3, 0.4) is 0 Å². The van der Waals surface area contributed by atoms with Crippen LogP contribution in [-0.4, -0.2) is 39.5 Å². The maximum atomic E-state index is 12.3. The van der Waals surface area contributed by atoms with Gasteiger partial charge in [-0.25, -0.2) is 4.79 Å². The van der Waals surface area contributed by atoms with Gasteiger partial charge in [0.05, 0.1) is 11.6 Å². The number of piperidine rings is 1. The first-order valence-corrected chi connectivity index (χ1v) is 8.68. The lowest BCUT2D eigenvalue weighted by Crippen LogP contribution is -2.43. The normalized spacial score (nSPS) is 18.2. The third-order valence-corrected chi connectivity index (χ3v) is 4.27.